The Morgan fingerprint density at radius 2 is 1.21 bits per heavy atom. The predicted molar refractivity (Wildman–Crippen MR) is 99.9 cm³/mol. The molecule has 9 heteroatoms. The molecular formula is C20H16N2O7. The Bertz CT molecular complexity index is 946. The number of hydrogen-bond acceptors (Lipinski definition) is 7. The number of carbonyl (C=O) groups excluding carboxylic acids is 2. The van der Waals surface area contributed by atoms with Gasteiger partial charge in [0.05, 0.1) is 11.1 Å². The zero-order valence-corrected chi connectivity index (χ0v) is 15.1. The van der Waals surface area contributed by atoms with E-state index in [0.29, 0.717) is 24.0 Å². The summed E-state index contributed by atoms with van der Waals surface area (Å²) in [6.45, 7) is 7.06. The topological polar surface area (TPSA) is 144 Å². The average molecular weight is 396 g/mol. The number of nitrogens with zero attached hydrogens (tertiary/aromatic N) is 2. The fourth-order valence-electron chi connectivity index (χ4n) is 2.40. The molecule has 2 aromatic rings. The Morgan fingerprint density at radius 1 is 0.828 bits per heavy atom. The largest absolute Gasteiger partial charge is 0.478 e. The Kier molecular flexibility index (Phi) is 6.70. The summed E-state index contributed by atoms with van der Waals surface area (Å²) in [5, 5.41) is 18.6. The van der Waals surface area contributed by atoms with Gasteiger partial charge in [0.2, 0.25) is 0 Å². The molecule has 0 amide bonds. The smallest absolute Gasteiger partial charge is 0.365 e. The fraction of sp³-hybridized carbons (Fsp3) is 0.100. The van der Waals surface area contributed by atoms with E-state index in [0.717, 1.165) is 0 Å². The number of allylic oxidation sites excluding steroid dienone is 2. The highest BCUT2D eigenvalue weighted by molar-refractivity contribution is 6.09. The van der Waals surface area contributed by atoms with Crippen LogP contribution in [0.15, 0.2) is 49.8 Å². The lowest BCUT2D eigenvalue weighted by Gasteiger charge is -2.08. The number of pyridine rings is 2. The Morgan fingerprint density at radius 3 is 1.52 bits per heavy atom. The van der Waals surface area contributed by atoms with Crippen LogP contribution in [-0.2, 0) is 17.6 Å². The van der Waals surface area contributed by atoms with Crippen LogP contribution in [-0.4, -0.2) is 44.1 Å². The molecule has 2 aromatic heterocycles. The summed E-state index contributed by atoms with van der Waals surface area (Å²) >= 11 is 0. The van der Waals surface area contributed by atoms with Gasteiger partial charge in [-0.25, -0.2) is 29.1 Å². The van der Waals surface area contributed by atoms with Crippen LogP contribution in [0.25, 0.3) is 0 Å². The Labute approximate surface area is 165 Å². The number of esters is 2. The highest BCUT2D eigenvalue weighted by Crippen LogP contribution is 2.15. The number of aromatic carboxylic acids is 2. The standard InChI is InChI=1S/C20H16N2O7/c1-3-5-11-7-13(17(23)24)15(21-9-11)19(27)29-20(28)16-14(18(25)26)8-12(6-4-2)10-22-16/h3-4,7-10H,1-2,5-6H2,(H,23,24)(H,25,26). The first-order valence-corrected chi connectivity index (χ1v) is 8.21. The van der Waals surface area contributed by atoms with Crippen molar-refractivity contribution < 1.29 is 34.1 Å². The van der Waals surface area contributed by atoms with Crippen molar-refractivity contribution in [3.8, 4) is 0 Å². The third kappa shape index (κ3) is 4.98. The van der Waals surface area contributed by atoms with Crippen LogP contribution in [0.1, 0.15) is 52.8 Å². The molecule has 2 N–H and O–H groups in total. The van der Waals surface area contributed by atoms with Crippen molar-refractivity contribution in [3.05, 3.63) is 83.5 Å². The summed E-state index contributed by atoms with van der Waals surface area (Å²) in [7, 11) is 0. The van der Waals surface area contributed by atoms with Crippen molar-refractivity contribution in [2.45, 2.75) is 12.8 Å². The monoisotopic (exact) mass is 396 g/mol. The van der Waals surface area contributed by atoms with Gasteiger partial charge >= 0.3 is 23.9 Å². The molecule has 9 nitrogen and oxygen atoms in total. The van der Waals surface area contributed by atoms with Crippen LogP contribution in [0, 0.1) is 0 Å². The molecule has 0 aliphatic heterocycles. The maximum absolute atomic E-state index is 12.3. The minimum absolute atomic E-state index is 0.324. The minimum Gasteiger partial charge on any atom is -0.478 e. The summed E-state index contributed by atoms with van der Waals surface area (Å²) in [5.74, 6) is -5.57. The number of hydrogen-bond donors (Lipinski definition) is 2. The number of aromatic nitrogens is 2. The summed E-state index contributed by atoms with van der Waals surface area (Å²) in [6, 6.07) is 2.42. The van der Waals surface area contributed by atoms with Crippen molar-refractivity contribution in [2.75, 3.05) is 0 Å². The molecule has 0 unspecified atom stereocenters. The molecule has 0 aromatic carbocycles. The third-order valence-electron chi connectivity index (χ3n) is 3.68. The van der Waals surface area contributed by atoms with Crippen molar-refractivity contribution in [1.82, 2.24) is 9.97 Å². The number of carbonyl (C=O) groups is 4. The average Bonchev–Trinajstić information content (AvgIpc) is 2.68. The molecule has 0 bridgehead atoms. The van der Waals surface area contributed by atoms with E-state index in [9.17, 15) is 29.4 Å². The summed E-state index contributed by atoms with van der Waals surface area (Å²) in [6.07, 6.45) is 6.20. The lowest BCUT2D eigenvalue weighted by molar-refractivity contribution is 0.0378. The third-order valence-corrected chi connectivity index (χ3v) is 3.68. The number of carboxylic acids is 2. The van der Waals surface area contributed by atoms with E-state index in [1.165, 1.54) is 36.7 Å². The number of ether oxygens (including phenoxy) is 1. The molecule has 0 fully saturated rings. The van der Waals surface area contributed by atoms with Crippen LogP contribution in [0.3, 0.4) is 0 Å². The molecule has 0 saturated heterocycles. The van der Waals surface area contributed by atoms with Crippen molar-refractivity contribution in [2.24, 2.45) is 0 Å². The van der Waals surface area contributed by atoms with E-state index in [1.807, 2.05) is 0 Å². The Balaban J connectivity index is 2.35. The first kappa shape index (κ1) is 21.2. The second-order valence-electron chi connectivity index (χ2n) is 5.75. The summed E-state index contributed by atoms with van der Waals surface area (Å²) in [5.41, 5.74) is -1.14. The van der Waals surface area contributed by atoms with Crippen LogP contribution in [0.5, 0.6) is 0 Å². The molecule has 2 rings (SSSR count). The molecule has 29 heavy (non-hydrogen) atoms. The molecule has 0 aliphatic rings. The van der Waals surface area contributed by atoms with E-state index in [-0.39, 0.29) is 0 Å². The van der Waals surface area contributed by atoms with Gasteiger partial charge in [-0.2, -0.15) is 0 Å². The molecule has 0 atom stereocenters. The highest BCUT2D eigenvalue weighted by atomic mass is 16.6. The highest BCUT2D eigenvalue weighted by Gasteiger charge is 2.26. The summed E-state index contributed by atoms with van der Waals surface area (Å²) < 4.78 is 4.63. The van der Waals surface area contributed by atoms with E-state index < -0.39 is 46.4 Å². The van der Waals surface area contributed by atoms with Crippen LogP contribution < -0.4 is 0 Å². The second-order valence-corrected chi connectivity index (χ2v) is 5.75. The first-order chi connectivity index (χ1) is 13.8. The lowest BCUT2D eigenvalue weighted by Crippen LogP contribution is -2.21. The van der Waals surface area contributed by atoms with Gasteiger partial charge in [-0.15, -0.1) is 13.2 Å². The van der Waals surface area contributed by atoms with Crippen LogP contribution in [0.2, 0.25) is 0 Å². The van der Waals surface area contributed by atoms with Gasteiger partial charge in [0.1, 0.15) is 0 Å². The normalized spacial score (nSPS) is 10.1. The molecule has 0 spiro atoms. The zero-order chi connectivity index (χ0) is 21.6. The van der Waals surface area contributed by atoms with Crippen molar-refractivity contribution in [1.29, 1.82) is 0 Å². The maximum Gasteiger partial charge on any atom is 0.365 e. The van der Waals surface area contributed by atoms with Gasteiger partial charge in [0.15, 0.2) is 11.4 Å². The van der Waals surface area contributed by atoms with Crippen LogP contribution in [0.4, 0.5) is 0 Å². The van der Waals surface area contributed by atoms with E-state index in [4.69, 9.17) is 0 Å². The van der Waals surface area contributed by atoms with E-state index >= 15 is 0 Å². The number of carboxylic acid groups (broad SMARTS) is 2. The molecule has 0 aliphatic carbocycles. The minimum atomic E-state index is -1.44. The predicted octanol–water partition coefficient (Wildman–Crippen LogP) is 2.33. The van der Waals surface area contributed by atoms with Crippen molar-refractivity contribution >= 4 is 23.9 Å². The lowest BCUT2D eigenvalue weighted by atomic mass is 10.1. The van der Waals surface area contributed by atoms with Gasteiger partial charge in [-0.05, 0) is 36.1 Å². The van der Waals surface area contributed by atoms with Crippen molar-refractivity contribution in [3.63, 3.8) is 0 Å². The molecule has 2 heterocycles. The van der Waals surface area contributed by atoms with E-state index in [1.54, 1.807) is 0 Å². The van der Waals surface area contributed by atoms with Gasteiger partial charge in [0, 0.05) is 12.4 Å². The Hall–Kier alpha value is -4.14. The molecule has 148 valence electrons. The van der Waals surface area contributed by atoms with Gasteiger partial charge < -0.3 is 14.9 Å². The summed E-state index contributed by atoms with van der Waals surface area (Å²) in [4.78, 5) is 55.0. The maximum atomic E-state index is 12.3. The SMILES string of the molecule is C=CCc1cnc(C(=O)OC(=O)c2ncc(CC=C)cc2C(=O)O)c(C(=O)O)c1. The quantitative estimate of drug-likeness (QED) is 0.390. The zero-order valence-electron chi connectivity index (χ0n) is 15.1. The first-order valence-electron chi connectivity index (χ1n) is 8.21. The molecule has 0 radical (unpaired) electrons. The van der Waals surface area contributed by atoms with Crippen LogP contribution >= 0.6 is 0 Å². The molecule has 0 saturated carbocycles. The second kappa shape index (κ2) is 9.18. The van der Waals surface area contributed by atoms with Gasteiger partial charge in [-0.1, -0.05) is 12.2 Å². The van der Waals surface area contributed by atoms with Gasteiger partial charge in [-0.3, -0.25) is 0 Å². The molecular weight excluding hydrogens is 380 g/mol. The van der Waals surface area contributed by atoms with E-state index in [2.05, 4.69) is 27.9 Å². The van der Waals surface area contributed by atoms with Gasteiger partial charge in [0.25, 0.3) is 0 Å². The fourth-order valence-corrected chi connectivity index (χ4v) is 2.40. The number of rotatable bonds is 8.